The molecule has 1 N–H and O–H groups in total. The summed E-state index contributed by atoms with van der Waals surface area (Å²) in [6, 6.07) is 15.6. The molecule has 2 aromatic carbocycles. The molecular weight excluding hydrogens is 420 g/mol. The van der Waals surface area contributed by atoms with Crippen LogP contribution in [0.15, 0.2) is 60.8 Å². The third-order valence-corrected chi connectivity index (χ3v) is 5.11. The molecule has 4 aromatic rings. The number of nitro benzene ring substituents is 1. The molecule has 0 aliphatic rings. The first-order chi connectivity index (χ1) is 15.9. The first kappa shape index (κ1) is 21.4. The fraction of sp³-hybridized carbons (Fsp3) is 0.0833. The predicted molar refractivity (Wildman–Crippen MR) is 124 cm³/mol. The Morgan fingerprint density at radius 2 is 1.94 bits per heavy atom. The van der Waals surface area contributed by atoms with E-state index in [4.69, 9.17) is 4.98 Å². The number of anilines is 1. The van der Waals surface area contributed by atoms with E-state index in [9.17, 15) is 20.2 Å². The van der Waals surface area contributed by atoms with E-state index in [0.717, 1.165) is 22.0 Å². The van der Waals surface area contributed by atoms with Crippen LogP contribution in [-0.4, -0.2) is 25.6 Å². The molecule has 0 aliphatic carbocycles. The molecule has 0 fully saturated rings. The highest BCUT2D eigenvalue weighted by atomic mass is 16.6. The second kappa shape index (κ2) is 8.72. The van der Waals surface area contributed by atoms with Gasteiger partial charge in [0.15, 0.2) is 11.6 Å². The second-order valence-electron chi connectivity index (χ2n) is 7.37. The van der Waals surface area contributed by atoms with E-state index < -0.39 is 10.8 Å². The molecule has 4 rings (SSSR count). The zero-order valence-corrected chi connectivity index (χ0v) is 17.8. The number of fused-ring (bicyclic) bond motifs is 1. The van der Waals surface area contributed by atoms with Crippen LogP contribution in [0.3, 0.4) is 0 Å². The van der Waals surface area contributed by atoms with E-state index in [-0.39, 0.29) is 17.1 Å². The van der Waals surface area contributed by atoms with Crippen molar-refractivity contribution < 1.29 is 9.72 Å². The fourth-order valence-electron chi connectivity index (χ4n) is 3.41. The highest BCUT2D eigenvalue weighted by Gasteiger charge is 2.16. The van der Waals surface area contributed by atoms with Crippen LogP contribution < -0.4 is 5.32 Å². The number of nitro groups is 1. The van der Waals surface area contributed by atoms with Crippen LogP contribution in [0.2, 0.25) is 0 Å². The molecule has 0 bridgehead atoms. The van der Waals surface area contributed by atoms with Crippen molar-refractivity contribution in [2.75, 3.05) is 5.32 Å². The number of aromatic nitrogens is 3. The van der Waals surface area contributed by atoms with Gasteiger partial charge in [0.05, 0.1) is 16.6 Å². The summed E-state index contributed by atoms with van der Waals surface area (Å²) in [5, 5.41) is 28.2. The van der Waals surface area contributed by atoms with E-state index in [1.807, 2.05) is 44.2 Å². The van der Waals surface area contributed by atoms with Gasteiger partial charge in [-0.1, -0.05) is 18.2 Å². The molecule has 1 amide bonds. The molecule has 2 heterocycles. The number of non-ortho nitro benzene ring substituents is 1. The molecule has 0 unspecified atom stereocenters. The quantitative estimate of drug-likeness (QED) is 0.278. The zero-order valence-electron chi connectivity index (χ0n) is 17.8. The van der Waals surface area contributed by atoms with Gasteiger partial charge < -0.3 is 5.32 Å². The van der Waals surface area contributed by atoms with Gasteiger partial charge in [0.1, 0.15) is 11.6 Å². The number of nitriles is 1. The van der Waals surface area contributed by atoms with Gasteiger partial charge in [0.25, 0.3) is 5.69 Å². The number of hydrogen-bond acceptors (Lipinski definition) is 6. The van der Waals surface area contributed by atoms with Crippen LogP contribution in [0.1, 0.15) is 22.3 Å². The largest absolute Gasteiger partial charge is 0.306 e. The molecular formula is C24H18N6O3. The molecule has 162 valence electrons. The van der Waals surface area contributed by atoms with Gasteiger partial charge in [-0.05, 0) is 54.8 Å². The van der Waals surface area contributed by atoms with E-state index in [2.05, 4.69) is 10.4 Å². The normalized spacial score (nSPS) is 10.9. The van der Waals surface area contributed by atoms with Crippen molar-refractivity contribution >= 4 is 34.4 Å². The van der Waals surface area contributed by atoms with Crippen LogP contribution in [0.4, 0.5) is 11.5 Å². The molecule has 9 nitrogen and oxygen atoms in total. The Morgan fingerprint density at radius 3 is 2.64 bits per heavy atom. The Hall–Kier alpha value is -4.84. The lowest BCUT2D eigenvalue weighted by molar-refractivity contribution is -0.384. The number of aryl methyl sites for hydroxylation is 2. The first-order valence-electron chi connectivity index (χ1n) is 9.96. The average molecular weight is 438 g/mol. The Balaban J connectivity index is 1.64. The number of nitrogens with zero attached hydrogens (tertiary/aromatic N) is 5. The van der Waals surface area contributed by atoms with Crippen molar-refractivity contribution in [3.63, 3.8) is 0 Å². The molecule has 33 heavy (non-hydrogen) atoms. The standard InChI is InChI=1S/C24H18N6O3/c1-15-4-3-5-20-16(2)12-21(27-23(15)20)29-24(18(13-25)14-26-29)28-22(31)11-8-17-6-9-19(10-7-17)30(32)33/h3-12,14H,1-2H3,(H,28,31)/b11-8+. The number of benzene rings is 2. The van der Waals surface area contributed by atoms with Crippen molar-refractivity contribution in [2.24, 2.45) is 0 Å². The fourth-order valence-corrected chi connectivity index (χ4v) is 3.41. The Kier molecular flexibility index (Phi) is 5.66. The minimum atomic E-state index is -0.491. The van der Waals surface area contributed by atoms with Gasteiger partial charge in [0, 0.05) is 23.6 Å². The van der Waals surface area contributed by atoms with Gasteiger partial charge in [-0.3, -0.25) is 14.9 Å². The molecule has 0 atom stereocenters. The van der Waals surface area contributed by atoms with Gasteiger partial charge in [0.2, 0.25) is 5.91 Å². The van der Waals surface area contributed by atoms with E-state index >= 15 is 0 Å². The predicted octanol–water partition coefficient (Wildman–Crippen LogP) is 4.47. The summed E-state index contributed by atoms with van der Waals surface area (Å²) < 4.78 is 1.43. The lowest BCUT2D eigenvalue weighted by Crippen LogP contribution is -2.14. The minimum absolute atomic E-state index is 0.0346. The summed E-state index contributed by atoms with van der Waals surface area (Å²) in [4.78, 5) is 27.5. The molecule has 0 saturated heterocycles. The number of nitrogens with one attached hydrogen (secondary N) is 1. The summed E-state index contributed by atoms with van der Waals surface area (Å²) in [6.07, 6.45) is 4.17. The van der Waals surface area contributed by atoms with E-state index in [1.165, 1.54) is 47.3 Å². The Labute approximate surface area is 188 Å². The number of carbonyl (C=O) groups excluding carboxylic acids is 1. The second-order valence-corrected chi connectivity index (χ2v) is 7.37. The molecule has 0 radical (unpaired) electrons. The lowest BCUT2D eigenvalue weighted by atomic mass is 10.1. The molecule has 2 aromatic heterocycles. The van der Waals surface area contributed by atoms with Crippen LogP contribution in [-0.2, 0) is 4.79 Å². The highest BCUT2D eigenvalue weighted by molar-refractivity contribution is 6.02. The summed E-state index contributed by atoms with van der Waals surface area (Å²) >= 11 is 0. The first-order valence-corrected chi connectivity index (χ1v) is 9.96. The lowest BCUT2D eigenvalue weighted by Gasteiger charge is -2.11. The molecule has 0 aliphatic heterocycles. The number of amides is 1. The minimum Gasteiger partial charge on any atom is -0.306 e. The highest BCUT2D eigenvalue weighted by Crippen LogP contribution is 2.25. The van der Waals surface area contributed by atoms with Crippen molar-refractivity contribution in [3.8, 4) is 11.9 Å². The maximum absolute atomic E-state index is 12.6. The van der Waals surface area contributed by atoms with Crippen molar-refractivity contribution in [2.45, 2.75) is 13.8 Å². The van der Waals surface area contributed by atoms with Gasteiger partial charge in [-0.15, -0.1) is 0 Å². The average Bonchev–Trinajstić information content (AvgIpc) is 3.21. The van der Waals surface area contributed by atoms with E-state index in [0.29, 0.717) is 11.4 Å². The zero-order chi connectivity index (χ0) is 23.5. The van der Waals surface area contributed by atoms with E-state index in [1.54, 1.807) is 0 Å². The van der Waals surface area contributed by atoms with Crippen molar-refractivity contribution in [3.05, 3.63) is 93.2 Å². The van der Waals surface area contributed by atoms with Crippen LogP contribution in [0, 0.1) is 35.3 Å². The molecule has 0 saturated carbocycles. The Bertz CT molecular complexity index is 1460. The number of hydrogen-bond donors (Lipinski definition) is 1. The van der Waals surface area contributed by atoms with Crippen LogP contribution >= 0.6 is 0 Å². The SMILES string of the molecule is Cc1cc(-n2ncc(C#N)c2NC(=O)/C=C/c2ccc([N+](=O)[O-])cc2)nc2c(C)cccc12. The third-order valence-electron chi connectivity index (χ3n) is 5.11. The summed E-state index contributed by atoms with van der Waals surface area (Å²) in [5.41, 5.74) is 3.58. The van der Waals surface area contributed by atoms with Crippen molar-refractivity contribution in [1.29, 1.82) is 5.26 Å². The van der Waals surface area contributed by atoms with Crippen molar-refractivity contribution in [1.82, 2.24) is 14.8 Å². The van der Waals surface area contributed by atoms with Crippen LogP contribution in [0.5, 0.6) is 0 Å². The topological polar surface area (TPSA) is 127 Å². The summed E-state index contributed by atoms with van der Waals surface area (Å²) in [7, 11) is 0. The smallest absolute Gasteiger partial charge is 0.269 e. The molecule has 9 heteroatoms. The Morgan fingerprint density at radius 1 is 1.18 bits per heavy atom. The van der Waals surface area contributed by atoms with Gasteiger partial charge in [-0.25, -0.2) is 4.98 Å². The van der Waals surface area contributed by atoms with Gasteiger partial charge >= 0.3 is 0 Å². The maximum atomic E-state index is 12.6. The monoisotopic (exact) mass is 438 g/mol. The number of carbonyl (C=O) groups is 1. The maximum Gasteiger partial charge on any atom is 0.269 e. The third kappa shape index (κ3) is 4.31. The number of pyridine rings is 1. The molecule has 0 spiro atoms. The number of rotatable bonds is 5. The summed E-state index contributed by atoms with van der Waals surface area (Å²) in [6.45, 7) is 3.93. The summed E-state index contributed by atoms with van der Waals surface area (Å²) in [5.74, 6) is 0.196. The van der Waals surface area contributed by atoms with Crippen LogP contribution in [0.25, 0.3) is 22.8 Å². The van der Waals surface area contributed by atoms with Gasteiger partial charge in [-0.2, -0.15) is 15.0 Å². The number of para-hydroxylation sites is 1.